The summed E-state index contributed by atoms with van der Waals surface area (Å²) in [4.78, 5) is 21.3. The zero-order valence-corrected chi connectivity index (χ0v) is 17.6. The fraction of sp³-hybridized carbons (Fsp3) is 0.444. The van der Waals surface area contributed by atoms with E-state index in [9.17, 15) is 13.2 Å². The molecule has 150 valence electrons. The summed E-state index contributed by atoms with van der Waals surface area (Å²) in [6, 6.07) is 8.18. The SMILES string of the molecule is O=C(C1CCCN1S(=O)(=O)c1cccs1)N1CCN(c2cccc(Cl)n2)CC1. The van der Waals surface area contributed by atoms with Gasteiger partial charge < -0.3 is 9.80 Å². The highest BCUT2D eigenvalue weighted by molar-refractivity contribution is 7.91. The lowest BCUT2D eigenvalue weighted by molar-refractivity contribution is -0.134. The Labute approximate surface area is 173 Å². The number of nitrogens with zero attached hydrogens (tertiary/aromatic N) is 4. The molecule has 2 aliphatic heterocycles. The predicted octanol–water partition coefficient (Wildman–Crippen LogP) is 2.30. The minimum atomic E-state index is -3.62. The summed E-state index contributed by atoms with van der Waals surface area (Å²) in [5.74, 6) is 0.693. The molecule has 0 saturated carbocycles. The number of rotatable bonds is 4. The van der Waals surface area contributed by atoms with E-state index in [-0.39, 0.29) is 5.91 Å². The number of sulfonamides is 1. The fourth-order valence-electron chi connectivity index (χ4n) is 3.74. The van der Waals surface area contributed by atoms with E-state index in [4.69, 9.17) is 11.6 Å². The third kappa shape index (κ3) is 3.76. The molecule has 0 aromatic carbocycles. The first-order chi connectivity index (χ1) is 13.5. The van der Waals surface area contributed by atoms with E-state index in [0.29, 0.717) is 54.9 Å². The van der Waals surface area contributed by atoms with Crippen LogP contribution in [-0.2, 0) is 14.8 Å². The van der Waals surface area contributed by atoms with E-state index in [0.717, 1.165) is 5.82 Å². The van der Waals surface area contributed by atoms with Crippen molar-refractivity contribution in [3.63, 3.8) is 0 Å². The van der Waals surface area contributed by atoms with Gasteiger partial charge in [-0.05, 0) is 36.4 Å². The van der Waals surface area contributed by atoms with Crippen LogP contribution in [0.3, 0.4) is 0 Å². The van der Waals surface area contributed by atoms with Gasteiger partial charge in [0.05, 0.1) is 0 Å². The van der Waals surface area contributed by atoms with Gasteiger partial charge in [-0.3, -0.25) is 4.79 Å². The minimum absolute atomic E-state index is 0.101. The molecular weight excluding hydrogens is 420 g/mol. The molecule has 0 N–H and O–H groups in total. The van der Waals surface area contributed by atoms with Crippen LogP contribution in [0.2, 0.25) is 5.15 Å². The Bertz CT molecular complexity index is 944. The molecule has 4 rings (SSSR count). The van der Waals surface area contributed by atoms with Gasteiger partial charge in [-0.1, -0.05) is 23.7 Å². The molecular formula is C18H21ClN4O3S2. The van der Waals surface area contributed by atoms with Gasteiger partial charge in [-0.15, -0.1) is 11.3 Å². The average Bonchev–Trinajstić information content (AvgIpc) is 3.40. The average molecular weight is 441 g/mol. The molecule has 2 fully saturated rings. The number of carbonyl (C=O) groups excluding carboxylic acids is 1. The summed E-state index contributed by atoms with van der Waals surface area (Å²) in [6.07, 6.45) is 1.27. The maximum atomic E-state index is 13.1. The number of carbonyl (C=O) groups is 1. The van der Waals surface area contributed by atoms with Crippen LogP contribution >= 0.6 is 22.9 Å². The molecule has 2 aromatic heterocycles. The van der Waals surface area contributed by atoms with E-state index >= 15 is 0 Å². The largest absolute Gasteiger partial charge is 0.353 e. The highest BCUT2D eigenvalue weighted by Gasteiger charge is 2.42. The molecule has 0 radical (unpaired) electrons. The maximum absolute atomic E-state index is 13.1. The monoisotopic (exact) mass is 440 g/mol. The molecule has 10 heteroatoms. The van der Waals surface area contributed by atoms with E-state index in [1.165, 1.54) is 15.6 Å². The Balaban J connectivity index is 1.43. The summed E-state index contributed by atoms with van der Waals surface area (Å²) < 4.78 is 27.5. The van der Waals surface area contributed by atoms with Gasteiger partial charge >= 0.3 is 0 Å². The molecule has 7 nitrogen and oxygen atoms in total. The van der Waals surface area contributed by atoms with E-state index in [2.05, 4.69) is 9.88 Å². The zero-order valence-electron chi connectivity index (χ0n) is 15.2. The number of pyridine rings is 1. The second-order valence-electron chi connectivity index (χ2n) is 6.84. The second-order valence-corrected chi connectivity index (χ2v) is 10.3. The first kappa shape index (κ1) is 19.6. The smallest absolute Gasteiger partial charge is 0.253 e. The van der Waals surface area contributed by atoms with Gasteiger partial charge in [-0.2, -0.15) is 4.31 Å². The predicted molar refractivity (Wildman–Crippen MR) is 109 cm³/mol. The lowest BCUT2D eigenvalue weighted by atomic mass is 10.2. The van der Waals surface area contributed by atoms with Crippen LogP contribution in [0.1, 0.15) is 12.8 Å². The summed E-state index contributed by atoms with van der Waals surface area (Å²) in [5, 5.41) is 2.18. The number of amides is 1. The Morgan fingerprint density at radius 1 is 1.11 bits per heavy atom. The van der Waals surface area contributed by atoms with Crippen molar-refractivity contribution < 1.29 is 13.2 Å². The molecule has 0 bridgehead atoms. The highest BCUT2D eigenvalue weighted by Crippen LogP contribution is 2.30. The van der Waals surface area contributed by atoms with Gasteiger partial charge in [0.15, 0.2) is 0 Å². The number of aromatic nitrogens is 1. The van der Waals surface area contributed by atoms with Crippen LogP contribution in [0.5, 0.6) is 0 Å². The standard InChI is InChI=1S/C18H21ClN4O3S2/c19-15-5-1-6-16(20-15)21-9-11-22(12-10-21)18(24)14-4-2-8-23(14)28(25,26)17-7-3-13-27-17/h1,3,5-7,13-14H,2,4,8-12H2. The Morgan fingerprint density at radius 2 is 1.89 bits per heavy atom. The van der Waals surface area contributed by atoms with E-state index in [1.807, 2.05) is 12.1 Å². The van der Waals surface area contributed by atoms with Gasteiger partial charge in [0.1, 0.15) is 21.2 Å². The number of piperazine rings is 1. The van der Waals surface area contributed by atoms with Crippen LogP contribution in [0.4, 0.5) is 5.82 Å². The number of anilines is 1. The molecule has 2 aromatic rings. The van der Waals surface area contributed by atoms with Crippen molar-refractivity contribution in [3.05, 3.63) is 40.9 Å². The number of halogens is 1. The topological polar surface area (TPSA) is 73.8 Å². The van der Waals surface area contributed by atoms with Crippen molar-refractivity contribution >= 4 is 44.7 Å². The van der Waals surface area contributed by atoms with Crippen LogP contribution in [0.15, 0.2) is 39.9 Å². The fourth-order valence-corrected chi connectivity index (χ4v) is 6.67. The van der Waals surface area contributed by atoms with Crippen molar-refractivity contribution in [1.29, 1.82) is 0 Å². The first-order valence-electron chi connectivity index (χ1n) is 9.18. The van der Waals surface area contributed by atoms with Crippen molar-refractivity contribution in [1.82, 2.24) is 14.2 Å². The molecule has 4 heterocycles. The van der Waals surface area contributed by atoms with Crippen LogP contribution < -0.4 is 4.90 Å². The molecule has 1 atom stereocenters. The Hall–Kier alpha value is -1.68. The van der Waals surface area contributed by atoms with Crippen molar-refractivity contribution in [3.8, 4) is 0 Å². The minimum Gasteiger partial charge on any atom is -0.353 e. The normalized spacial score (nSPS) is 21.2. The van der Waals surface area contributed by atoms with Gasteiger partial charge in [0, 0.05) is 32.7 Å². The first-order valence-corrected chi connectivity index (χ1v) is 11.9. The second kappa shape index (κ2) is 7.98. The zero-order chi connectivity index (χ0) is 19.7. The van der Waals surface area contributed by atoms with Gasteiger partial charge in [0.25, 0.3) is 10.0 Å². The maximum Gasteiger partial charge on any atom is 0.253 e. The molecule has 1 amide bonds. The molecule has 2 aliphatic rings. The third-order valence-corrected chi connectivity index (χ3v) is 8.65. The summed E-state index contributed by atoms with van der Waals surface area (Å²) in [7, 11) is -3.62. The summed E-state index contributed by atoms with van der Waals surface area (Å²) in [5.41, 5.74) is 0. The summed E-state index contributed by atoms with van der Waals surface area (Å²) >= 11 is 7.15. The Morgan fingerprint density at radius 3 is 2.57 bits per heavy atom. The summed E-state index contributed by atoms with van der Waals surface area (Å²) in [6.45, 7) is 2.75. The number of hydrogen-bond donors (Lipinski definition) is 0. The van der Waals surface area contributed by atoms with Crippen LogP contribution in [0, 0.1) is 0 Å². The molecule has 2 saturated heterocycles. The lowest BCUT2D eigenvalue weighted by Crippen LogP contribution is -2.54. The van der Waals surface area contributed by atoms with E-state index in [1.54, 1.807) is 28.5 Å². The lowest BCUT2D eigenvalue weighted by Gasteiger charge is -2.37. The molecule has 0 spiro atoms. The van der Waals surface area contributed by atoms with Crippen molar-refractivity contribution in [2.45, 2.75) is 23.1 Å². The van der Waals surface area contributed by atoms with Gasteiger partial charge in [-0.25, -0.2) is 13.4 Å². The van der Waals surface area contributed by atoms with Crippen LogP contribution in [-0.4, -0.2) is 67.3 Å². The quantitative estimate of drug-likeness (QED) is 0.682. The Kier molecular flexibility index (Phi) is 5.59. The molecule has 28 heavy (non-hydrogen) atoms. The number of thiophene rings is 1. The highest BCUT2D eigenvalue weighted by atomic mass is 35.5. The molecule has 1 unspecified atom stereocenters. The van der Waals surface area contributed by atoms with Crippen LogP contribution in [0.25, 0.3) is 0 Å². The van der Waals surface area contributed by atoms with Crippen molar-refractivity contribution in [2.24, 2.45) is 0 Å². The van der Waals surface area contributed by atoms with Crippen molar-refractivity contribution in [2.75, 3.05) is 37.6 Å². The number of hydrogen-bond acceptors (Lipinski definition) is 6. The molecule has 0 aliphatic carbocycles. The van der Waals surface area contributed by atoms with Gasteiger partial charge in [0.2, 0.25) is 5.91 Å². The van der Waals surface area contributed by atoms with E-state index < -0.39 is 16.1 Å². The third-order valence-electron chi connectivity index (χ3n) is 5.16.